The van der Waals surface area contributed by atoms with Crippen LogP contribution >= 0.6 is 23.1 Å². The molecule has 1 amide bonds. The fourth-order valence-electron chi connectivity index (χ4n) is 2.91. The van der Waals surface area contributed by atoms with E-state index in [4.69, 9.17) is 5.11 Å². The summed E-state index contributed by atoms with van der Waals surface area (Å²) >= 11 is 2.80. The van der Waals surface area contributed by atoms with E-state index in [0.717, 1.165) is 34.8 Å². The number of hydrogen-bond acceptors (Lipinski definition) is 7. The molecule has 0 aliphatic carbocycles. The lowest BCUT2D eigenvalue weighted by Gasteiger charge is -2.05. The van der Waals surface area contributed by atoms with Gasteiger partial charge in [-0.05, 0) is 50.0 Å². The maximum atomic E-state index is 12.9. The minimum Gasteiger partial charge on any atom is -0.503 e. The molecule has 0 atom stereocenters. The molecule has 1 aromatic heterocycles. The van der Waals surface area contributed by atoms with Crippen molar-refractivity contribution in [2.24, 2.45) is 0 Å². The number of rotatable bonds is 3. The standard InChI is InChI=1S/C14H9NO2S.C9H5F2NOS.C3H9N.C2H6/c16-8-9-5-6-13-11(7-9)15-14(17)10-3-1-2-4-12(10)18-13;10-6-3-5(4-7(11)8(6)13)9-12-1-2-14-9;1-3-4-2;1-2/h1-8H,(H,15,17);1-4,13H;4H,3H2,1-2H3;1-2H3. The van der Waals surface area contributed by atoms with Crippen LogP contribution in [0.1, 0.15) is 41.5 Å². The maximum Gasteiger partial charge on any atom is 0.256 e. The number of anilines is 1. The van der Waals surface area contributed by atoms with Crippen LogP contribution in [0.15, 0.2) is 76.0 Å². The smallest absolute Gasteiger partial charge is 0.256 e. The zero-order valence-electron chi connectivity index (χ0n) is 21.4. The number of phenols is 1. The van der Waals surface area contributed by atoms with Crippen molar-refractivity contribution in [3.05, 3.63) is 88.9 Å². The highest BCUT2D eigenvalue weighted by atomic mass is 32.2. The molecule has 10 heteroatoms. The number of aromatic nitrogens is 1. The van der Waals surface area contributed by atoms with E-state index in [1.54, 1.807) is 29.8 Å². The molecule has 0 saturated carbocycles. The van der Waals surface area contributed by atoms with Gasteiger partial charge in [0.05, 0.1) is 11.3 Å². The van der Waals surface area contributed by atoms with Gasteiger partial charge >= 0.3 is 0 Å². The van der Waals surface area contributed by atoms with Crippen molar-refractivity contribution in [2.75, 3.05) is 18.9 Å². The van der Waals surface area contributed by atoms with E-state index in [-0.39, 0.29) is 5.91 Å². The zero-order valence-corrected chi connectivity index (χ0v) is 23.1. The van der Waals surface area contributed by atoms with Crippen LogP contribution in [0.3, 0.4) is 0 Å². The van der Waals surface area contributed by atoms with Crippen LogP contribution in [0.2, 0.25) is 0 Å². The number of nitrogens with zero attached hydrogens (tertiary/aromatic N) is 1. The first kappa shape index (κ1) is 30.6. The number of halogens is 2. The van der Waals surface area contributed by atoms with Gasteiger partial charge in [-0.2, -0.15) is 0 Å². The second-order valence-electron chi connectivity index (χ2n) is 7.26. The highest BCUT2D eigenvalue weighted by Crippen LogP contribution is 2.38. The second kappa shape index (κ2) is 15.6. The number of carbonyl (C=O) groups excluding carboxylic acids is 2. The molecule has 5 rings (SSSR count). The largest absolute Gasteiger partial charge is 0.503 e. The third-order valence-electron chi connectivity index (χ3n) is 4.79. The lowest BCUT2D eigenvalue weighted by molar-refractivity contribution is 0.102. The molecular weight excluding hydrogens is 528 g/mol. The van der Waals surface area contributed by atoms with Crippen molar-refractivity contribution >= 4 is 41.0 Å². The van der Waals surface area contributed by atoms with Crippen molar-refractivity contribution in [2.45, 2.75) is 30.6 Å². The van der Waals surface area contributed by atoms with Gasteiger partial charge in [0.25, 0.3) is 5.91 Å². The zero-order chi connectivity index (χ0) is 28.1. The molecule has 4 aromatic rings. The Labute approximate surface area is 229 Å². The summed E-state index contributed by atoms with van der Waals surface area (Å²) in [6.45, 7) is 7.14. The van der Waals surface area contributed by atoms with E-state index in [9.17, 15) is 18.4 Å². The van der Waals surface area contributed by atoms with Crippen molar-refractivity contribution in [3.8, 4) is 16.3 Å². The molecule has 3 aromatic carbocycles. The van der Waals surface area contributed by atoms with Crippen molar-refractivity contribution in [1.82, 2.24) is 10.3 Å². The van der Waals surface area contributed by atoms with Gasteiger partial charge in [-0.3, -0.25) is 9.59 Å². The quantitative estimate of drug-likeness (QED) is 0.230. The molecule has 0 saturated heterocycles. The van der Waals surface area contributed by atoms with E-state index in [2.05, 4.69) is 22.5 Å². The van der Waals surface area contributed by atoms with Gasteiger partial charge in [-0.15, -0.1) is 11.3 Å². The van der Waals surface area contributed by atoms with E-state index in [0.29, 0.717) is 27.4 Å². The number of aldehydes is 1. The summed E-state index contributed by atoms with van der Waals surface area (Å²) < 4.78 is 25.8. The average Bonchev–Trinajstić information content (AvgIpc) is 3.45. The van der Waals surface area contributed by atoms with E-state index in [1.165, 1.54) is 23.1 Å². The minimum atomic E-state index is -0.977. The summed E-state index contributed by atoms with van der Waals surface area (Å²) in [5.74, 6) is -3.05. The van der Waals surface area contributed by atoms with Gasteiger partial charge in [0, 0.05) is 32.5 Å². The number of carbonyl (C=O) groups is 2. The third-order valence-corrected chi connectivity index (χ3v) is 6.76. The average molecular weight is 558 g/mol. The molecule has 1 aliphatic heterocycles. The first-order valence-corrected chi connectivity index (χ1v) is 13.5. The SMILES string of the molecule is CC.CCNC.O=Cc1ccc2c(c1)NC(=O)c1ccccc1S2.Oc1c(F)cc(-c2nccs2)cc1F. The Kier molecular flexibility index (Phi) is 12.6. The molecule has 0 spiro atoms. The topological polar surface area (TPSA) is 91.3 Å². The molecule has 0 radical (unpaired) electrons. The lowest BCUT2D eigenvalue weighted by atomic mass is 10.2. The van der Waals surface area contributed by atoms with Crippen LogP contribution in [0.25, 0.3) is 10.6 Å². The number of phenolic OH excluding ortho intramolecular Hbond substituents is 1. The monoisotopic (exact) mass is 557 g/mol. The Morgan fingerprint density at radius 3 is 2.29 bits per heavy atom. The molecule has 200 valence electrons. The number of nitrogens with one attached hydrogen (secondary N) is 2. The van der Waals surface area contributed by atoms with Crippen LogP contribution in [0, 0.1) is 11.6 Å². The van der Waals surface area contributed by atoms with Crippen molar-refractivity contribution in [1.29, 1.82) is 0 Å². The molecule has 2 heterocycles. The Morgan fingerprint density at radius 1 is 1.05 bits per heavy atom. The Balaban J connectivity index is 0.000000226. The van der Waals surface area contributed by atoms with E-state index in [1.807, 2.05) is 45.2 Å². The third kappa shape index (κ3) is 8.20. The van der Waals surface area contributed by atoms with Crippen LogP contribution < -0.4 is 10.6 Å². The fraction of sp³-hybridized carbons (Fsp3) is 0.179. The molecule has 6 nitrogen and oxygen atoms in total. The molecule has 1 aliphatic rings. The molecule has 3 N–H and O–H groups in total. The predicted octanol–water partition coefficient (Wildman–Crippen LogP) is 7.26. The summed E-state index contributed by atoms with van der Waals surface area (Å²) in [5.41, 5.74) is 2.23. The number of fused-ring (bicyclic) bond motifs is 2. The first-order valence-electron chi connectivity index (χ1n) is 11.8. The van der Waals surface area contributed by atoms with Crippen LogP contribution in [-0.4, -0.2) is 35.9 Å². The van der Waals surface area contributed by atoms with E-state index >= 15 is 0 Å². The van der Waals surface area contributed by atoms with Gasteiger partial charge in [-0.25, -0.2) is 13.8 Å². The maximum absolute atomic E-state index is 12.9. The second-order valence-corrected chi connectivity index (χ2v) is 9.24. The first-order chi connectivity index (χ1) is 18.4. The number of amides is 1. The minimum absolute atomic E-state index is 0.139. The summed E-state index contributed by atoms with van der Waals surface area (Å²) in [5, 5.41) is 16.8. The Bertz CT molecular complexity index is 1320. The number of hydrogen-bond donors (Lipinski definition) is 3. The lowest BCUT2D eigenvalue weighted by Crippen LogP contribution is -2.11. The van der Waals surface area contributed by atoms with Gasteiger partial charge in [0.1, 0.15) is 11.3 Å². The number of thiazole rings is 1. The van der Waals surface area contributed by atoms with Gasteiger partial charge in [0.15, 0.2) is 17.4 Å². The molecule has 0 unspecified atom stereocenters. The Morgan fingerprint density at radius 2 is 1.71 bits per heavy atom. The molecular formula is C28H29F2N3O3S2. The predicted molar refractivity (Wildman–Crippen MR) is 150 cm³/mol. The number of aromatic hydroxyl groups is 1. The van der Waals surface area contributed by atoms with Crippen molar-refractivity contribution < 1.29 is 23.5 Å². The van der Waals surface area contributed by atoms with Gasteiger partial charge in [-0.1, -0.05) is 50.7 Å². The van der Waals surface area contributed by atoms with Crippen LogP contribution in [0.5, 0.6) is 5.75 Å². The summed E-state index contributed by atoms with van der Waals surface area (Å²) in [7, 11) is 1.93. The molecule has 0 bridgehead atoms. The van der Waals surface area contributed by atoms with Crippen LogP contribution in [0.4, 0.5) is 14.5 Å². The van der Waals surface area contributed by atoms with Crippen molar-refractivity contribution in [3.63, 3.8) is 0 Å². The highest BCUT2D eigenvalue weighted by Gasteiger charge is 2.19. The Hall–Kier alpha value is -3.60. The molecule has 0 fully saturated rings. The summed E-state index contributed by atoms with van der Waals surface area (Å²) in [6, 6.07) is 14.9. The summed E-state index contributed by atoms with van der Waals surface area (Å²) in [4.78, 5) is 28.6. The van der Waals surface area contributed by atoms with Crippen LogP contribution in [-0.2, 0) is 0 Å². The highest BCUT2D eigenvalue weighted by molar-refractivity contribution is 7.99. The van der Waals surface area contributed by atoms with E-state index < -0.39 is 17.4 Å². The van der Waals surface area contributed by atoms with Gasteiger partial charge in [0.2, 0.25) is 0 Å². The normalized spacial score (nSPS) is 10.9. The summed E-state index contributed by atoms with van der Waals surface area (Å²) in [6.07, 6.45) is 2.32. The fourth-order valence-corrected chi connectivity index (χ4v) is 4.55. The molecule has 38 heavy (non-hydrogen) atoms. The number of benzene rings is 3. The van der Waals surface area contributed by atoms with Gasteiger partial charge < -0.3 is 15.7 Å².